The Kier molecular flexibility index (Phi) is 18.5. The first-order chi connectivity index (χ1) is 18.6. The molecule has 0 radical (unpaired) electrons. The van der Waals surface area contributed by atoms with Crippen LogP contribution in [0.25, 0.3) is 0 Å². The van der Waals surface area contributed by atoms with Crippen molar-refractivity contribution in [3.8, 4) is 0 Å². The quantitative estimate of drug-likeness (QED) is 0.111. The molecule has 8 nitrogen and oxygen atoms in total. The van der Waals surface area contributed by atoms with Crippen LogP contribution >= 0.6 is 12.6 Å². The molecule has 1 saturated carbocycles. The molecule has 218 valence electrons. The van der Waals surface area contributed by atoms with Crippen LogP contribution in [0.4, 0.5) is 0 Å². The third-order valence-electron chi connectivity index (χ3n) is 7.30. The van der Waals surface area contributed by atoms with Gasteiger partial charge in [0.25, 0.3) is 11.8 Å². The predicted octanol–water partition coefficient (Wildman–Crippen LogP) is 4.32. The number of hydrogen-bond acceptors (Lipinski definition) is 7. The first kappa shape index (κ1) is 32.8. The van der Waals surface area contributed by atoms with Crippen LogP contribution in [-0.2, 0) is 28.6 Å². The highest BCUT2D eigenvalue weighted by atomic mass is 32.1. The third kappa shape index (κ3) is 14.7. The van der Waals surface area contributed by atoms with E-state index in [4.69, 9.17) is 14.2 Å². The van der Waals surface area contributed by atoms with Crippen molar-refractivity contribution >= 4 is 30.4 Å². The van der Waals surface area contributed by atoms with E-state index in [0.29, 0.717) is 46.1 Å². The van der Waals surface area contributed by atoms with E-state index in [1.165, 1.54) is 68.4 Å². The van der Waals surface area contributed by atoms with Gasteiger partial charge in [-0.05, 0) is 50.2 Å². The van der Waals surface area contributed by atoms with Crippen LogP contribution in [-0.4, -0.2) is 81.1 Å². The molecule has 1 N–H and O–H groups in total. The number of hydrogen-bond donors (Lipinski definition) is 2. The Balaban J connectivity index is 1.29. The van der Waals surface area contributed by atoms with Crippen molar-refractivity contribution in [3.63, 3.8) is 0 Å². The van der Waals surface area contributed by atoms with E-state index in [2.05, 4.69) is 17.9 Å². The third-order valence-corrected chi connectivity index (χ3v) is 7.61. The molecule has 2 rings (SSSR count). The van der Waals surface area contributed by atoms with Gasteiger partial charge >= 0.3 is 0 Å². The number of thiol groups is 1. The van der Waals surface area contributed by atoms with E-state index in [1.807, 2.05) is 0 Å². The molecule has 3 amide bonds. The molecule has 0 atom stereocenters. The summed E-state index contributed by atoms with van der Waals surface area (Å²) in [5.74, 6) is 0.891. The van der Waals surface area contributed by atoms with E-state index in [0.717, 1.165) is 44.5 Å². The summed E-state index contributed by atoms with van der Waals surface area (Å²) in [6, 6.07) is 0. The van der Waals surface area contributed by atoms with Crippen LogP contribution in [0, 0.1) is 11.8 Å². The second-order valence-electron chi connectivity index (χ2n) is 10.4. The van der Waals surface area contributed by atoms with Crippen LogP contribution < -0.4 is 5.32 Å². The monoisotopic (exact) mass is 554 g/mol. The molecule has 0 unspecified atom stereocenters. The zero-order valence-electron chi connectivity index (χ0n) is 23.2. The number of rotatable bonds is 23. The lowest BCUT2D eigenvalue weighted by molar-refractivity contribution is -0.138. The molecule has 38 heavy (non-hydrogen) atoms. The predicted molar refractivity (Wildman–Crippen MR) is 152 cm³/mol. The summed E-state index contributed by atoms with van der Waals surface area (Å²) >= 11 is 4.24. The zero-order valence-corrected chi connectivity index (χ0v) is 24.1. The number of carbonyl (C=O) groups excluding carboxylic acids is 3. The Bertz CT molecular complexity index is 679. The van der Waals surface area contributed by atoms with Crippen LogP contribution in [0.15, 0.2) is 12.2 Å². The second-order valence-corrected chi connectivity index (χ2v) is 10.8. The molecule has 2 aliphatic rings. The summed E-state index contributed by atoms with van der Waals surface area (Å²) in [6.07, 6.45) is 17.5. The summed E-state index contributed by atoms with van der Waals surface area (Å²) in [5, 5.41) is 2.96. The van der Waals surface area contributed by atoms with Crippen molar-refractivity contribution in [2.24, 2.45) is 11.8 Å². The maximum absolute atomic E-state index is 12.4. The van der Waals surface area contributed by atoms with Crippen LogP contribution in [0.5, 0.6) is 0 Å². The van der Waals surface area contributed by atoms with Gasteiger partial charge in [0.05, 0.1) is 33.0 Å². The summed E-state index contributed by atoms with van der Waals surface area (Å²) < 4.78 is 16.7. The maximum Gasteiger partial charge on any atom is 0.253 e. The fourth-order valence-corrected chi connectivity index (χ4v) is 5.19. The second kappa shape index (κ2) is 21.4. The van der Waals surface area contributed by atoms with Crippen LogP contribution in [0.3, 0.4) is 0 Å². The van der Waals surface area contributed by atoms with E-state index in [1.54, 1.807) is 0 Å². The molecule has 0 spiro atoms. The molecule has 1 aliphatic carbocycles. The zero-order chi connectivity index (χ0) is 27.3. The lowest BCUT2D eigenvalue weighted by Crippen LogP contribution is -2.39. The van der Waals surface area contributed by atoms with Gasteiger partial charge < -0.3 is 19.5 Å². The molecular weight excluding hydrogens is 504 g/mol. The van der Waals surface area contributed by atoms with Crippen molar-refractivity contribution in [2.75, 3.05) is 58.5 Å². The Morgan fingerprint density at radius 2 is 1.24 bits per heavy atom. The van der Waals surface area contributed by atoms with Crippen molar-refractivity contribution in [3.05, 3.63) is 12.2 Å². The Morgan fingerprint density at radius 3 is 1.82 bits per heavy atom. The summed E-state index contributed by atoms with van der Waals surface area (Å²) in [7, 11) is 0. The first-order valence-electron chi connectivity index (χ1n) is 14.8. The lowest BCUT2D eigenvalue weighted by atomic mass is 9.81. The van der Waals surface area contributed by atoms with Gasteiger partial charge in [-0.25, -0.2) is 0 Å². The van der Waals surface area contributed by atoms with Gasteiger partial charge in [-0.3, -0.25) is 19.3 Å². The lowest BCUT2D eigenvalue weighted by Gasteiger charge is -2.30. The molecule has 1 fully saturated rings. The first-order valence-corrected chi connectivity index (χ1v) is 15.4. The molecule has 0 aromatic rings. The standard InChI is InChI=1S/C29H50N2O6S/c32-27-14-15-28(33)31(27)24-25-10-12-26(13-11-25)29(34)30-16-18-36-20-22-37-21-19-35-17-8-6-4-2-1-3-5-7-9-23-38/h14-15,25-26,38H,1-13,16-24H2,(H,30,34). The molecule has 0 saturated heterocycles. The Morgan fingerprint density at radius 1 is 0.737 bits per heavy atom. The smallest absolute Gasteiger partial charge is 0.253 e. The molecule has 0 bridgehead atoms. The molecule has 0 aromatic heterocycles. The van der Waals surface area contributed by atoms with Crippen molar-refractivity contribution < 1.29 is 28.6 Å². The normalized spacial score (nSPS) is 19.4. The van der Waals surface area contributed by atoms with Gasteiger partial charge in [0, 0.05) is 37.8 Å². The van der Waals surface area contributed by atoms with Gasteiger partial charge in [-0.1, -0.05) is 44.9 Å². The minimum Gasteiger partial charge on any atom is -0.379 e. The number of nitrogens with one attached hydrogen (secondary N) is 1. The van der Waals surface area contributed by atoms with Crippen molar-refractivity contribution in [1.29, 1.82) is 0 Å². The molecule has 1 aliphatic heterocycles. The SMILES string of the molecule is O=C(NCCOCCOCCOCCCCCCCCCCCS)C1CCC(CN2C(=O)C=CC2=O)CC1. The average molecular weight is 555 g/mol. The van der Waals surface area contributed by atoms with Gasteiger partial charge in [0.1, 0.15) is 0 Å². The summed E-state index contributed by atoms with van der Waals surface area (Å²) in [6.45, 7) is 4.42. The van der Waals surface area contributed by atoms with Crippen LogP contribution in [0.1, 0.15) is 83.5 Å². The average Bonchev–Trinajstić information content (AvgIpc) is 3.24. The van der Waals surface area contributed by atoms with Gasteiger partial charge in [0.15, 0.2) is 0 Å². The maximum atomic E-state index is 12.4. The Labute approximate surface area is 235 Å². The van der Waals surface area contributed by atoms with Gasteiger partial charge in [-0.2, -0.15) is 12.6 Å². The van der Waals surface area contributed by atoms with Crippen LogP contribution in [0.2, 0.25) is 0 Å². The largest absolute Gasteiger partial charge is 0.379 e. The van der Waals surface area contributed by atoms with Crippen molar-refractivity contribution in [2.45, 2.75) is 83.5 Å². The molecule has 9 heteroatoms. The van der Waals surface area contributed by atoms with Gasteiger partial charge in [-0.15, -0.1) is 0 Å². The number of unbranched alkanes of at least 4 members (excludes halogenated alkanes) is 8. The number of nitrogens with zero attached hydrogens (tertiary/aromatic N) is 1. The van der Waals surface area contributed by atoms with E-state index in [9.17, 15) is 14.4 Å². The fraction of sp³-hybridized carbons (Fsp3) is 0.828. The number of carbonyl (C=O) groups is 3. The molecular formula is C29H50N2O6S. The summed E-state index contributed by atoms with van der Waals surface area (Å²) in [4.78, 5) is 37.1. The highest BCUT2D eigenvalue weighted by Gasteiger charge is 2.31. The highest BCUT2D eigenvalue weighted by molar-refractivity contribution is 7.80. The summed E-state index contributed by atoms with van der Waals surface area (Å²) in [5.41, 5.74) is 0. The molecule has 0 aromatic carbocycles. The molecule has 1 heterocycles. The van der Waals surface area contributed by atoms with E-state index >= 15 is 0 Å². The van der Waals surface area contributed by atoms with E-state index in [-0.39, 0.29) is 29.6 Å². The highest BCUT2D eigenvalue weighted by Crippen LogP contribution is 2.30. The fourth-order valence-electron chi connectivity index (χ4n) is 4.96. The topological polar surface area (TPSA) is 94.2 Å². The number of amides is 3. The van der Waals surface area contributed by atoms with Crippen molar-refractivity contribution in [1.82, 2.24) is 10.2 Å². The number of imide groups is 1. The van der Waals surface area contributed by atoms with Gasteiger partial charge in [0.2, 0.25) is 5.91 Å². The minimum atomic E-state index is -0.230. The minimum absolute atomic E-state index is 0.00396. The van der Waals surface area contributed by atoms with E-state index < -0.39 is 0 Å². The number of ether oxygens (including phenoxy) is 3. The Hall–Kier alpha value is -1.42.